The minimum absolute atomic E-state index is 0.0530. The SMILES string of the molecule is CC(C)(C)OC(=O)N(C(=O)OC(C)(C)C)c1c(F)cc([N+](=O)O)cc1F. The van der Waals surface area contributed by atoms with E-state index in [4.69, 9.17) is 14.7 Å². The minimum atomic E-state index is -1.45. The van der Waals surface area contributed by atoms with Gasteiger partial charge in [-0.1, -0.05) is 0 Å². The van der Waals surface area contributed by atoms with Crippen molar-refractivity contribution < 1.29 is 38.0 Å². The Morgan fingerprint density at radius 1 is 0.962 bits per heavy atom. The van der Waals surface area contributed by atoms with Crippen LogP contribution in [0.15, 0.2) is 12.1 Å². The summed E-state index contributed by atoms with van der Waals surface area (Å²) in [6, 6.07) is 0.903. The Bertz CT molecular complexity index is 686. The molecule has 0 spiro atoms. The second kappa shape index (κ2) is 7.22. The quantitative estimate of drug-likeness (QED) is 0.768. The third-order valence-electron chi connectivity index (χ3n) is 2.60. The highest BCUT2D eigenvalue weighted by Gasteiger charge is 2.37. The highest BCUT2D eigenvalue weighted by Crippen LogP contribution is 2.30. The third kappa shape index (κ3) is 5.64. The molecule has 0 atom stereocenters. The smallest absolute Gasteiger partial charge is 0.424 e. The molecule has 8 nitrogen and oxygen atoms in total. The van der Waals surface area contributed by atoms with Crippen LogP contribution in [0.4, 0.5) is 29.7 Å². The van der Waals surface area contributed by atoms with Gasteiger partial charge >= 0.3 is 17.9 Å². The summed E-state index contributed by atoms with van der Waals surface area (Å²) in [7, 11) is 0. The predicted octanol–water partition coefficient (Wildman–Crippen LogP) is 4.44. The normalized spacial score (nSPS) is 11.7. The summed E-state index contributed by atoms with van der Waals surface area (Å²) in [5, 5.41) is 8.77. The van der Waals surface area contributed by atoms with Gasteiger partial charge in [-0.25, -0.2) is 23.6 Å². The fraction of sp³-hybridized carbons (Fsp3) is 0.500. The zero-order valence-electron chi connectivity index (χ0n) is 15.3. The van der Waals surface area contributed by atoms with Crippen molar-refractivity contribution in [2.24, 2.45) is 0 Å². The number of nitrogens with zero attached hydrogens (tertiary/aromatic N) is 2. The molecule has 2 amide bonds. The van der Waals surface area contributed by atoms with E-state index >= 15 is 0 Å². The summed E-state index contributed by atoms with van der Waals surface area (Å²) in [6.45, 7) is 8.97. The van der Waals surface area contributed by atoms with E-state index < -0.39 is 51.3 Å². The number of carbonyl (C=O) groups is 2. The zero-order chi connectivity index (χ0) is 20.4. The van der Waals surface area contributed by atoms with Crippen LogP contribution in [-0.4, -0.2) is 33.5 Å². The van der Waals surface area contributed by atoms with Crippen molar-refractivity contribution in [2.75, 3.05) is 4.90 Å². The number of amides is 2. The second-order valence-corrected chi connectivity index (χ2v) is 7.33. The monoisotopic (exact) mass is 375 g/mol. The lowest BCUT2D eigenvalue weighted by Gasteiger charge is -2.28. The molecule has 1 N–H and O–H groups in total. The third-order valence-corrected chi connectivity index (χ3v) is 2.60. The van der Waals surface area contributed by atoms with Crippen molar-refractivity contribution in [1.82, 2.24) is 0 Å². The number of rotatable bonds is 2. The van der Waals surface area contributed by atoms with Gasteiger partial charge in [0, 0.05) is 0 Å². The highest BCUT2D eigenvalue weighted by molar-refractivity contribution is 6.09. The summed E-state index contributed by atoms with van der Waals surface area (Å²) >= 11 is 0. The van der Waals surface area contributed by atoms with Gasteiger partial charge in [-0.05, 0) is 41.5 Å². The van der Waals surface area contributed by atoms with Crippen molar-refractivity contribution in [3.05, 3.63) is 28.7 Å². The van der Waals surface area contributed by atoms with Gasteiger partial charge in [-0.3, -0.25) is 0 Å². The molecule has 1 aromatic rings. The molecule has 0 saturated carbocycles. The molecule has 0 saturated heterocycles. The molecule has 0 aliphatic heterocycles. The average Bonchev–Trinajstić information content (AvgIpc) is 2.37. The predicted molar refractivity (Wildman–Crippen MR) is 86.4 cm³/mol. The summed E-state index contributed by atoms with van der Waals surface area (Å²) in [5.41, 5.74) is -4.00. The van der Waals surface area contributed by atoms with Crippen molar-refractivity contribution in [3.8, 4) is 0 Å². The molecule has 0 bridgehead atoms. The first-order chi connectivity index (χ1) is 11.6. The molecule has 10 heteroatoms. The first kappa shape index (κ1) is 21.3. The summed E-state index contributed by atoms with van der Waals surface area (Å²) in [4.78, 5) is 34.8. The lowest BCUT2D eigenvalue weighted by molar-refractivity contribution is -0.729. The van der Waals surface area contributed by atoms with E-state index in [9.17, 15) is 23.3 Å². The highest BCUT2D eigenvalue weighted by atomic mass is 19.1. The Morgan fingerprint density at radius 2 is 1.31 bits per heavy atom. The van der Waals surface area contributed by atoms with Crippen LogP contribution in [0.2, 0.25) is 0 Å². The topological polar surface area (TPSA) is 96.2 Å². The van der Waals surface area contributed by atoms with Crippen LogP contribution in [0.5, 0.6) is 0 Å². The summed E-state index contributed by atoms with van der Waals surface area (Å²) in [5.74, 6) is -2.90. The standard InChI is InChI=1S/C16H21F2N2O6/c1-15(2,3)25-13(21)19(14(22)26-16(4,5)6)12-10(17)7-9(20(23)24)8-11(12)18/h7-8H,1-6H3,(H,23,24)/q+1. The number of benzene rings is 1. The number of hydrogen-bond acceptors (Lipinski definition) is 5. The second-order valence-electron chi connectivity index (χ2n) is 7.33. The molecular formula is C16H21F2N2O6+. The number of halogens is 2. The van der Waals surface area contributed by atoms with Crippen molar-refractivity contribution in [3.63, 3.8) is 0 Å². The van der Waals surface area contributed by atoms with Crippen LogP contribution in [0.1, 0.15) is 41.5 Å². The van der Waals surface area contributed by atoms with E-state index in [0.29, 0.717) is 12.1 Å². The number of anilines is 1. The molecule has 1 aromatic carbocycles. The zero-order valence-corrected chi connectivity index (χ0v) is 15.3. The molecule has 0 aromatic heterocycles. The Kier molecular flexibility index (Phi) is 5.91. The molecule has 0 unspecified atom stereocenters. The lowest BCUT2D eigenvalue weighted by Crippen LogP contribution is -2.44. The Labute approximate surface area is 148 Å². The number of imide groups is 1. The van der Waals surface area contributed by atoms with Gasteiger partial charge in [0.2, 0.25) is 0 Å². The van der Waals surface area contributed by atoms with E-state index in [1.807, 2.05) is 0 Å². The van der Waals surface area contributed by atoms with Gasteiger partial charge in [0.1, 0.15) is 16.9 Å². The van der Waals surface area contributed by atoms with Crippen LogP contribution < -0.4 is 4.90 Å². The minimum Gasteiger partial charge on any atom is -0.443 e. The molecule has 1 rings (SSSR count). The van der Waals surface area contributed by atoms with Crippen LogP contribution >= 0.6 is 0 Å². The molecule has 0 aliphatic rings. The van der Waals surface area contributed by atoms with E-state index in [0.717, 1.165) is 0 Å². The van der Waals surface area contributed by atoms with Gasteiger partial charge < -0.3 is 9.47 Å². The maximum Gasteiger partial charge on any atom is 0.424 e. The van der Waals surface area contributed by atoms with Gasteiger partial charge in [0.15, 0.2) is 11.6 Å². The largest absolute Gasteiger partial charge is 0.443 e. The first-order valence-corrected chi connectivity index (χ1v) is 7.53. The molecule has 0 aliphatic carbocycles. The Morgan fingerprint density at radius 3 is 1.58 bits per heavy atom. The van der Waals surface area contributed by atoms with E-state index in [2.05, 4.69) is 0 Å². The van der Waals surface area contributed by atoms with E-state index in [1.165, 1.54) is 41.5 Å². The van der Waals surface area contributed by atoms with Crippen LogP contribution in [0.25, 0.3) is 0 Å². The first-order valence-electron chi connectivity index (χ1n) is 7.53. The maximum absolute atomic E-state index is 14.3. The molecule has 0 fully saturated rings. The van der Waals surface area contributed by atoms with Crippen LogP contribution in [-0.2, 0) is 9.47 Å². The van der Waals surface area contributed by atoms with Gasteiger partial charge in [-0.2, -0.15) is 4.90 Å². The van der Waals surface area contributed by atoms with Crippen molar-refractivity contribution in [1.29, 1.82) is 0 Å². The maximum atomic E-state index is 14.3. The molecule has 0 heterocycles. The fourth-order valence-electron chi connectivity index (χ4n) is 1.75. The van der Waals surface area contributed by atoms with Crippen molar-refractivity contribution in [2.45, 2.75) is 52.7 Å². The van der Waals surface area contributed by atoms with E-state index in [-0.39, 0.29) is 4.90 Å². The number of carbonyl (C=O) groups excluding carboxylic acids is 2. The van der Waals surface area contributed by atoms with Gasteiger partial charge in [0.05, 0.1) is 17.0 Å². The lowest BCUT2D eigenvalue weighted by atomic mass is 10.2. The van der Waals surface area contributed by atoms with E-state index in [1.54, 1.807) is 0 Å². The summed E-state index contributed by atoms with van der Waals surface area (Å²) < 4.78 is 38.7. The van der Waals surface area contributed by atoms with Crippen LogP contribution in [0, 0.1) is 16.5 Å². The Balaban J connectivity index is 3.48. The Hall–Kier alpha value is -2.78. The van der Waals surface area contributed by atoms with Crippen molar-refractivity contribution >= 4 is 23.6 Å². The number of ether oxygens (including phenoxy) is 2. The molecule has 144 valence electrons. The molecule has 26 heavy (non-hydrogen) atoms. The molecular weight excluding hydrogens is 354 g/mol. The fourth-order valence-corrected chi connectivity index (χ4v) is 1.75. The molecule has 0 radical (unpaired) electrons. The van der Waals surface area contributed by atoms with Gasteiger partial charge in [0.25, 0.3) is 4.92 Å². The average molecular weight is 375 g/mol. The van der Waals surface area contributed by atoms with Crippen LogP contribution in [0.3, 0.4) is 0 Å². The van der Waals surface area contributed by atoms with Gasteiger partial charge in [-0.15, -0.1) is 0 Å². The summed E-state index contributed by atoms with van der Waals surface area (Å²) in [6.07, 6.45) is -2.75. The number of hydrogen-bond donors (Lipinski definition) is 1.